The zero-order valence-corrected chi connectivity index (χ0v) is 21.5. The van der Waals surface area contributed by atoms with Crippen LogP contribution in [-0.4, -0.2) is 59.7 Å². The van der Waals surface area contributed by atoms with Crippen molar-refractivity contribution < 1.29 is 19.2 Å². The Balaban J connectivity index is 1.81. The van der Waals surface area contributed by atoms with Gasteiger partial charge in [0.1, 0.15) is 18.1 Å². The molecule has 2 rings (SSSR count). The van der Waals surface area contributed by atoms with E-state index in [0.29, 0.717) is 38.8 Å². The van der Waals surface area contributed by atoms with Crippen LogP contribution in [0.2, 0.25) is 0 Å². The van der Waals surface area contributed by atoms with Crippen LogP contribution in [0.25, 0.3) is 0 Å². The number of hydrogen-bond acceptors (Lipinski definition) is 4. The Bertz CT molecular complexity index is 682. The van der Waals surface area contributed by atoms with Crippen molar-refractivity contribution in [2.24, 2.45) is 5.92 Å². The van der Waals surface area contributed by atoms with Crippen molar-refractivity contribution >= 4 is 23.6 Å². The molecule has 2 aliphatic heterocycles. The molecule has 34 heavy (non-hydrogen) atoms. The fraction of sp³-hybridized carbons (Fsp3) is 0.846. The number of amides is 4. The van der Waals surface area contributed by atoms with Crippen LogP contribution >= 0.6 is 0 Å². The molecular weight excluding hydrogens is 432 g/mol. The number of carbonyl (C=O) groups excluding carboxylic acids is 4. The number of unbranched alkanes of at least 4 members (excludes halogenated alkanes) is 7. The number of nitrogens with zero attached hydrogens (tertiary/aromatic N) is 1. The molecule has 8 heteroatoms. The lowest BCUT2D eigenvalue weighted by Crippen LogP contribution is -2.56. The first-order valence-electron chi connectivity index (χ1n) is 13.5. The summed E-state index contributed by atoms with van der Waals surface area (Å²) in [6.07, 6.45) is 12.4. The summed E-state index contributed by atoms with van der Waals surface area (Å²) in [6.45, 7) is 7.39. The Morgan fingerprint density at radius 3 is 2.29 bits per heavy atom. The molecule has 2 fully saturated rings. The highest BCUT2D eigenvalue weighted by atomic mass is 16.2. The lowest BCUT2D eigenvalue weighted by molar-refractivity contribution is -0.142. The third-order valence-electron chi connectivity index (χ3n) is 6.80. The number of likely N-dealkylation sites (tertiary alicyclic amines) is 1. The first-order valence-corrected chi connectivity index (χ1v) is 13.5. The summed E-state index contributed by atoms with van der Waals surface area (Å²) < 4.78 is 0. The molecule has 0 radical (unpaired) electrons. The highest BCUT2D eigenvalue weighted by Gasteiger charge is 2.38. The van der Waals surface area contributed by atoms with Crippen molar-refractivity contribution in [3.05, 3.63) is 0 Å². The number of hydrogen-bond donors (Lipinski definition) is 3. The Labute approximate surface area is 205 Å². The fourth-order valence-corrected chi connectivity index (χ4v) is 4.87. The molecule has 0 spiro atoms. The van der Waals surface area contributed by atoms with E-state index < -0.39 is 18.1 Å². The molecular formula is C26H46N4O4. The average molecular weight is 479 g/mol. The highest BCUT2D eigenvalue weighted by Crippen LogP contribution is 2.21. The van der Waals surface area contributed by atoms with Crippen molar-refractivity contribution in [1.82, 2.24) is 20.9 Å². The van der Waals surface area contributed by atoms with E-state index in [1.54, 1.807) is 4.90 Å². The molecule has 3 N–H and O–H groups in total. The van der Waals surface area contributed by atoms with E-state index >= 15 is 0 Å². The second-order valence-electron chi connectivity index (χ2n) is 10.3. The van der Waals surface area contributed by atoms with Gasteiger partial charge in [-0.3, -0.25) is 19.2 Å². The molecule has 0 saturated carbocycles. The van der Waals surface area contributed by atoms with Crippen molar-refractivity contribution in [2.75, 3.05) is 13.1 Å². The predicted octanol–water partition coefficient (Wildman–Crippen LogP) is 3.04. The highest BCUT2D eigenvalue weighted by molar-refractivity contribution is 5.95. The minimum atomic E-state index is -0.689. The van der Waals surface area contributed by atoms with Gasteiger partial charge in [0.25, 0.3) is 0 Å². The molecule has 2 aliphatic rings. The van der Waals surface area contributed by atoms with E-state index in [2.05, 4.69) is 22.9 Å². The summed E-state index contributed by atoms with van der Waals surface area (Å²) in [5.41, 5.74) is 0. The zero-order chi connectivity index (χ0) is 24.9. The van der Waals surface area contributed by atoms with Crippen molar-refractivity contribution in [1.29, 1.82) is 0 Å². The van der Waals surface area contributed by atoms with E-state index in [0.717, 1.165) is 19.3 Å². The van der Waals surface area contributed by atoms with Gasteiger partial charge in [-0.25, -0.2) is 0 Å². The summed E-state index contributed by atoms with van der Waals surface area (Å²) in [5, 5.41) is 8.54. The minimum absolute atomic E-state index is 0.0912. The normalized spacial score (nSPS) is 20.9. The van der Waals surface area contributed by atoms with Gasteiger partial charge in [-0.15, -0.1) is 0 Å². The van der Waals surface area contributed by atoms with E-state index in [1.807, 2.05) is 13.8 Å². The lowest BCUT2D eigenvalue weighted by Gasteiger charge is -2.30. The van der Waals surface area contributed by atoms with Crippen LogP contribution in [0, 0.1) is 5.92 Å². The Morgan fingerprint density at radius 2 is 1.68 bits per heavy atom. The summed E-state index contributed by atoms with van der Waals surface area (Å²) in [7, 11) is 0. The van der Waals surface area contributed by atoms with Crippen LogP contribution in [0.4, 0.5) is 0 Å². The SMILES string of the molecule is CCCCCCCCCCNC(=O)[C@@H]1CCCN1C(=O)[C@H](CC(C)C)NC(=O)[C@@H]1CCC(=O)N1. The van der Waals surface area contributed by atoms with Gasteiger partial charge in [-0.2, -0.15) is 0 Å². The largest absolute Gasteiger partial charge is 0.354 e. The number of carbonyl (C=O) groups is 4. The first-order chi connectivity index (χ1) is 16.3. The van der Waals surface area contributed by atoms with Crippen LogP contribution in [0.3, 0.4) is 0 Å². The maximum absolute atomic E-state index is 13.4. The quantitative estimate of drug-likeness (QED) is 0.314. The fourth-order valence-electron chi connectivity index (χ4n) is 4.87. The Hall–Kier alpha value is -2.12. The standard InChI is InChI=1S/C26H46N4O4/c1-4-5-6-7-8-9-10-11-16-27-25(33)22-13-12-17-30(22)26(34)21(18-19(2)3)29-24(32)20-14-15-23(31)28-20/h19-22H,4-18H2,1-3H3,(H,27,33)(H,28,31)(H,29,32)/t20-,21-,22-/m0/s1. The monoisotopic (exact) mass is 478 g/mol. The van der Waals surface area contributed by atoms with Gasteiger partial charge in [0, 0.05) is 19.5 Å². The van der Waals surface area contributed by atoms with Gasteiger partial charge in [-0.1, -0.05) is 65.7 Å². The lowest BCUT2D eigenvalue weighted by atomic mass is 10.0. The van der Waals surface area contributed by atoms with Crippen molar-refractivity contribution in [3.63, 3.8) is 0 Å². The van der Waals surface area contributed by atoms with Gasteiger partial charge in [0.15, 0.2) is 0 Å². The van der Waals surface area contributed by atoms with Gasteiger partial charge in [-0.05, 0) is 38.0 Å². The molecule has 3 atom stereocenters. The third-order valence-corrected chi connectivity index (χ3v) is 6.80. The van der Waals surface area contributed by atoms with E-state index in [4.69, 9.17) is 0 Å². The summed E-state index contributed by atoms with van der Waals surface area (Å²) >= 11 is 0. The maximum atomic E-state index is 13.4. The topological polar surface area (TPSA) is 108 Å². The molecule has 0 bridgehead atoms. The van der Waals surface area contributed by atoms with Gasteiger partial charge < -0.3 is 20.9 Å². The molecule has 0 aliphatic carbocycles. The second-order valence-corrected chi connectivity index (χ2v) is 10.3. The number of nitrogens with one attached hydrogen (secondary N) is 3. The van der Waals surface area contributed by atoms with E-state index in [9.17, 15) is 19.2 Å². The smallest absolute Gasteiger partial charge is 0.245 e. The van der Waals surface area contributed by atoms with Crippen LogP contribution in [0.1, 0.15) is 104 Å². The zero-order valence-electron chi connectivity index (χ0n) is 21.5. The molecule has 0 aromatic rings. The first kappa shape index (κ1) is 28.1. The summed E-state index contributed by atoms with van der Waals surface area (Å²) in [6, 6.07) is -1.75. The third kappa shape index (κ3) is 9.26. The molecule has 8 nitrogen and oxygen atoms in total. The van der Waals surface area contributed by atoms with Crippen LogP contribution in [0.5, 0.6) is 0 Å². The molecule has 0 unspecified atom stereocenters. The van der Waals surface area contributed by atoms with Crippen molar-refractivity contribution in [2.45, 2.75) is 122 Å². The Kier molecular flexibility index (Phi) is 12.4. The number of rotatable bonds is 15. The summed E-state index contributed by atoms with van der Waals surface area (Å²) in [4.78, 5) is 52.0. The molecule has 2 heterocycles. The van der Waals surface area contributed by atoms with Crippen LogP contribution in [-0.2, 0) is 19.2 Å². The maximum Gasteiger partial charge on any atom is 0.245 e. The van der Waals surface area contributed by atoms with E-state index in [1.165, 1.54) is 38.5 Å². The van der Waals surface area contributed by atoms with Gasteiger partial charge in [0.2, 0.25) is 23.6 Å². The molecule has 194 valence electrons. The van der Waals surface area contributed by atoms with Gasteiger partial charge in [0.05, 0.1) is 0 Å². The molecule has 0 aromatic carbocycles. The van der Waals surface area contributed by atoms with Crippen LogP contribution in [0.15, 0.2) is 0 Å². The second kappa shape index (κ2) is 15.0. The van der Waals surface area contributed by atoms with Crippen molar-refractivity contribution in [3.8, 4) is 0 Å². The van der Waals surface area contributed by atoms with E-state index in [-0.39, 0.29) is 29.5 Å². The molecule has 0 aromatic heterocycles. The predicted molar refractivity (Wildman–Crippen MR) is 133 cm³/mol. The molecule has 2 saturated heterocycles. The average Bonchev–Trinajstić information content (AvgIpc) is 3.46. The van der Waals surface area contributed by atoms with Gasteiger partial charge >= 0.3 is 0 Å². The summed E-state index contributed by atoms with van der Waals surface area (Å²) in [5.74, 6) is -0.550. The van der Waals surface area contributed by atoms with Crippen LogP contribution < -0.4 is 16.0 Å². The molecule has 4 amide bonds. The Morgan fingerprint density at radius 1 is 1.00 bits per heavy atom. The minimum Gasteiger partial charge on any atom is -0.354 e.